The molecule has 1 unspecified atom stereocenters. The van der Waals surface area contributed by atoms with Crippen molar-refractivity contribution >= 4 is 17.2 Å². The van der Waals surface area contributed by atoms with E-state index in [9.17, 15) is 4.79 Å². The second-order valence-electron chi connectivity index (χ2n) is 6.30. The van der Waals surface area contributed by atoms with Crippen molar-refractivity contribution in [2.24, 2.45) is 0 Å². The van der Waals surface area contributed by atoms with Crippen LogP contribution in [0.25, 0.3) is 10.7 Å². The number of nitrogens with zero attached hydrogens (tertiary/aromatic N) is 4. The lowest BCUT2D eigenvalue weighted by molar-refractivity contribution is -0.126. The molecule has 1 fully saturated rings. The van der Waals surface area contributed by atoms with E-state index in [0.29, 0.717) is 25.6 Å². The average Bonchev–Trinajstić information content (AvgIpc) is 3.10. The molecule has 1 saturated heterocycles. The first-order valence-corrected chi connectivity index (χ1v) is 9.33. The minimum absolute atomic E-state index is 0.00958. The molecule has 0 bridgehead atoms. The van der Waals surface area contributed by atoms with E-state index in [1.54, 1.807) is 18.6 Å². The second-order valence-corrected chi connectivity index (χ2v) is 7.16. The lowest BCUT2D eigenvalue weighted by atomic mass is 10.1. The molecule has 1 N–H and O–H groups in total. The van der Waals surface area contributed by atoms with Gasteiger partial charge in [-0.2, -0.15) is 0 Å². The summed E-state index contributed by atoms with van der Waals surface area (Å²) in [5.41, 5.74) is 1.57. The minimum Gasteiger partial charge on any atom is -0.375 e. The molecule has 2 aromatic heterocycles. The minimum atomic E-state index is -0.0401. The van der Waals surface area contributed by atoms with E-state index in [-0.39, 0.29) is 12.0 Å². The number of carbonyl (C=O) groups is 1. The standard InChI is InChI=1S/C17H23N5O2S/c1-12(2)22-5-6-24-14(10-22)7-16(23)20-8-13-11-25-17(21-13)15-9-18-3-4-19-15/h3-4,9,11-12,14H,5-8,10H2,1-2H3,(H,20,23). The largest absolute Gasteiger partial charge is 0.375 e. The van der Waals surface area contributed by atoms with Crippen molar-refractivity contribution in [3.05, 3.63) is 29.7 Å². The van der Waals surface area contributed by atoms with Gasteiger partial charge in [-0.1, -0.05) is 0 Å². The summed E-state index contributed by atoms with van der Waals surface area (Å²) in [6, 6.07) is 0.476. The van der Waals surface area contributed by atoms with Gasteiger partial charge < -0.3 is 10.1 Å². The Hall–Kier alpha value is -1.90. The van der Waals surface area contributed by atoms with Crippen LogP contribution in [0.5, 0.6) is 0 Å². The average molecular weight is 361 g/mol. The van der Waals surface area contributed by atoms with Crippen LogP contribution in [-0.2, 0) is 16.1 Å². The molecule has 1 atom stereocenters. The Bertz CT molecular complexity index is 691. The van der Waals surface area contributed by atoms with Gasteiger partial charge in [-0.3, -0.25) is 19.7 Å². The predicted octanol–water partition coefficient (Wildman–Crippen LogP) is 1.72. The number of ether oxygens (including phenoxy) is 1. The number of carbonyl (C=O) groups excluding carboxylic acids is 1. The molecule has 2 aromatic rings. The summed E-state index contributed by atoms with van der Waals surface area (Å²) < 4.78 is 5.71. The van der Waals surface area contributed by atoms with Crippen molar-refractivity contribution in [3.63, 3.8) is 0 Å². The molecule has 1 amide bonds. The zero-order valence-corrected chi connectivity index (χ0v) is 15.3. The summed E-state index contributed by atoms with van der Waals surface area (Å²) in [6.45, 7) is 7.16. The van der Waals surface area contributed by atoms with E-state index in [4.69, 9.17) is 4.74 Å². The van der Waals surface area contributed by atoms with E-state index in [1.165, 1.54) is 11.3 Å². The molecule has 134 valence electrons. The van der Waals surface area contributed by atoms with Gasteiger partial charge in [0.15, 0.2) is 0 Å². The molecule has 7 nitrogen and oxygen atoms in total. The topological polar surface area (TPSA) is 80.2 Å². The highest BCUT2D eigenvalue weighted by atomic mass is 32.1. The highest BCUT2D eigenvalue weighted by Gasteiger charge is 2.24. The van der Waals surface area contributed by atoms with E-state index in [1.807, 2.05) is 5.38 Å². The van der Waals surface area contributed by atoms with Crippen LogP contribution in [0.1, 0.15) is 26.0 Å². The van der Waals surface area contributed by atoms with Gasteiger partial charge in [0.2, 0.25) is 5.91 Å². The Kier molecular flexibility index (Phi) is 6.06. The van der Waals surface area contributed by atoms with Crippen LogP contribution in [0.3, 0.4) is 0 Å². The smallest absolute Gasteiger partial charge is 0.222 e. The van der Waals surface area contributed by atoms with Gasteiger partial charge in [-0.15, -0.1) is 11.3 Å². The summed E-state index contributed by atoms with van der Waals surface area (Å²) in [5.74, 6) is -0.00958. The maximum atomic E-state index is 12.2. The zero-order chi connectivity index (χ0) is 17.6. The van der Waals surface area contributed by atoms with E-state index in [2.05, 4.69) is 39.0 Å². The fraction of sp³-hybridized carbons (Fsp3) is 0.529. The number of rotatable bonds is 6. The van der Waals surface area contributed by atoms with Crippen LogP contribution in [0, 0.1) is 0 Å². The molecule has 1 aliphatic rings. The third kappa shape index (κ3) is 5.04. The number of aromatic nitrogens is 3. The molecule has 1 aliphatic heterocycles. The first-order chi connectivity index (χ1) is 12.1. The number of amides is 1. The van der Waals surface area contributed by atoms with Gasteiger partial charge in [0.05, 0.1) is 37.6 Å². The third-order valence-corrected chi connectivity index (χ3v) is 5.03. The van der Waals surface area contributed by atoms with Crippen LogP contribution in [0.4, 0.5) is 0 Å². The SMILES string of the molecule is CC(C)N1CCOC(CC(=O)NCc2csc(-c3cnccn3)n2)C1. The van der Waals surface area contributed by atoms with Gasteiger partial charge in [0.25, 0.3) is 0 Å². The van der Waals surface area contributed by atoms with Crippen molar-refractivity contribution < 1.29 is 9.53 Å². The third-order valence-electron chi connectivity index (χ3n) is 4.11. The van der Waals surface area contributed by atoms with Crippen molar-refractivity contribution in [2.75, 3.05) is 19.7 Å². The lowest BCUT2D eigenvalue weighted by Gasteiger charge is -2.35. The molecule has 8 heteroatoms. The van der Waals surface area contributed by atoms with Gasteiger partial charge >= 0.3 is 0 Å². The number of hydrogen-bond acceptors (Lipinski definition) is 7. The molecule has 3 rings (SSSR count). The summed E-state index contributed by atoms with van der Waals surface area (Å²) in [6.07, 6.45) is 5.29. The lowest BCUT2D eigenvalue weighted by Crippen LogP contribution is -2.47. The van der Waals surface area contributed by atoms with Crippen LogP contribution in [0.15, 0.2) is 24.0 Å². The highest BCUT2D eigenvalue weighted by Crippen LogP contribution is 2.20. The summed E-state index contributed by atoms with van der Waals surface area (Å²) in [4.78, 5) is 27.3. The predicted molar refractivity (Wildman–Crippen MR) is 96.1 cm³/mol. The molecule has 0 radical (unpaired) electrons. The maximum absolute atomic E-state index is 12.2. The van der Waals surface area contributed by atoms with Gasteiger partial charge in [-0.25, -0.2) is 4.98 Å². The Balaban J connectivity index is 1.47. The van der Waals surface area contributed by atoms with Crippen molar-refractivity contribution in [2.45, 2.75) is 39.0 Å². The second kappa shape index (κ2) is 8.46. The normalized spacial score (nSPS) is 18.4. The van der Waals surface area contributed by atoms with Crippen LogP contribution >= 0.6 is 11.3 Å². The Labute approximate surface area is 151 Å². The first kappa shape index (κ1) is 17.9. The van der Waals surface area contributed by atoms with Crippen molar-refractivity contribution in [3.8, 4) is 10.7 Å². The first-order valence-electron chi connectivity index (χ1n) is 8.45. The number of hydrogen-bond donors (Lipinski definition) is 1. The molecule has 0 aliphatic carbocycles. The number of nitrogens with one attached hydrogen (secondary N) is 1. The Morgan fingerprint density at radius 2 is 2.36 bits per heavy atom. The maximum Gasteiger partial charge on any atom is 0.222 e. The van der Waals surface area contributed by atoms with Crippen LogP contribution < -0.4 is 5.32 Å². The van der Waals surface area contributed by atoms with Gasteiger partial charge in [0, 0.05) is 36.9 Å². The number of thiazole rings is 1. The Morgan fingerprint density at radius 3 is 3.12 bits per heavy atom. The summed E-state index contributed by atoms with van der Waals surface area (Å²) in [5, 5.41) is 5.66. The molecule has 25 heavy (non-hydrogen) atoms. The van der Waals surface area contributed by atoms with E-state index in [0.717, 1.165) is 29.5 Å². The van der Waals surface area contributed by atoms with Crippen LogP contribution in [-0.4, -0.2) is 57.6 Å². The van der Waals surface area contributed by atoms with Crippen molar-refractivity contribution in [1.29, 1.82) is 0 Å². The molecule has 3 heterocycles. The van der Waals surface area contributed by atoms with Crippen molar-refractivity contribution in [1.82, 2.24) is 25.2 Å². The fourth-order valence-corrected chi connectivity index (χ4v) is 3.50. The fourth-order valence-electron chi connectivity index (χ4n) is 2.72. The summed E-state index contributed by atoms with van der Waals surface area (Å²) >= 11 is 1.50. The highest BCUT2D eigenvalue weighted by molar-refractivity contribution is 7.13. The van der Waals surface area contributed by atoms with Gasteiger partial charge in [0.1, 0.15) is 10.7 Å². The molecular weight excluding hydrogens is 338 g/mol. The molecular formula is C17H23N5O2S. The van der Waals surface area contributed by atoms with E-state index < -0.39 is 0 Å². The summed E-state index contributed by atoms with van der Waals surface area (Å²) in [7, 11) is 0. The molecule has 0 saturated carbocycles. The zero-order valence-electron chi connectivity index (χ0n) is 14.5. The van der Waals surface area contributed by atoms with Gasteiger partial charge in [-0.05, 0) is 13.8 Å². The molecule has 0 spiro atoms. The van der Waals surface area contributed by atoms with E-state index >= 15 is 0 Å². The Morgan fingerprint density at radius 1 is 1.48 bits per heavy atom. The monoisotopic (exact) mass is 361 g/mol. The molecule has 0 aromatic carbocycles. The number of morpholine rings is 1. The van der Waals surface area contributed by atoms with Crippen LogP contribution in [0.2, 0.25) is 0 Å². The quantitative estimate of drug-likeness (QED) is 0.844.